The number of halogens is 3. The van der Waals surface area contributed by atoms with Crippen molar-refractivity contribution in [3.63, 3.8) is 0 Å². The third-order valence-electron chi connectivity index (χ3n) is 2.62. The maximum atomic E-state index is 13.6. The highest BCUT2D eigenvalue weighted by molar-refractivity contribution is 6.31. The Bertz CT molecular complexity index is 649. The Morgan fingerprint density at radius 2 is 1.95 bits per heavy atom. The first-order chi connectivity index (χ1) is 10.1. The van der Waals surface area contributed by atoms with Crippen molar-refractivity contribution in [2.45, 2.75) is 6.42 Å². The number of amides is 1. The number of benzene rings is 2. The van der Waals surface area contributed by atoms with E-state index in [1.165, 1.54) is 36.4 Å². The molecule has 2 aromatic rings. The second kappa shape index (κ2) is 7.04. The van der Waals surface area contributed by atoms with Gasteiger partial charge in [0.05, 0.1) is 23.7 Å². The van der Waals surface area contributed by atoms with Gasteiger partial charge in [0, 0.05) is 6.07 Å². The van der Waals surface area contributed by atoms with Crippen molar-refractivity contribution in [1.82, 2.24) is 0 Å². The van der Waals surface area contributed by atoms with E-state index < -0.39 is 17.5 Å². The molecule has 2 aromatic carbocycles. The van der Waals surface area contributed by atoms with E-state index >= 15 is 0 Å². The van der Waals surface area contributed by atoms with E-state index in [9.17, 15) is 13.6 Å². The van der Waals surface area contributed by atoms with Crippen molar-refractivity contribution in [1.29, 1.82) is 0 Å². The third kappa shape index (κ3) is 4.43. The summed E-state index contributed by atoms with van der Waals surface area (Å²) in [6.45, 7) is 0.0530. The molecule has 0 bridgehead atoms. The van der Waals surface area contributed by atoms with Crippen molar-refractivity contribution in [2.75, 3.05) is 11.9 Å². The molecule has 1 amide bonds. The largest absolute Gasteiger partial charge is 0.493 e. The van der Waals surface area contributed by atoms with Crippen LogP contribution in [-0.4, -0.2) is 12.5 Å². The van der Waals surface area contributed by atoms with Crippen LogP contribution in [0.3, 0.4) is 0 Å². The highest BCUT2D eigenvalue weighted by Crippen LogP contribution is 2.22. The number of hydrogen-bond acceptors (Lipinski definition) is 2. The van der Waals surface area contributed by atoms with Crippen molar-refractivity contribution in [3.05, 3.63) is 59.1 Å². The summed E-state index contributed by atoms with van der Waals surface area (Å²) in [5.41, 5.74) is 0.0123. The first kappa shape index (κ1) is 15.3. The molecule has 0 saturated carbocycles. The molecule has 0 spiro atoms. The molecule has 0 unspecified atom stereocenters. The summed E-state index contributed by atoms with van der Waals surface area (Å²) in [6.07, 6.45) is 0.00245. The number of hydrogen-bond donors (Lipinski definition) is 1. The number of carbonyl (C=O) groups is 1. The zero-order valence-corrected chi connectivity index (χ0v) is 11.7. The Labute approximate surface area is 125 Å². The molecule has 110 valence electrons. The van der Waals surface area contributed by atoms with Gasteiger partial charge in [-0.15, -0.1) is 0 Å². The number of anilines is 1. The van der Waals surface area contributed by atoms with Gasteiger partial charge in [-0.2, -0.15) is 0 Å². The molecule has 0 aliphatic carbocycles. The average Bonchev–Trinajstić information content (AvgIpc) is 2.44. The lowest BCUT2D eigenvalue weighted by Crippen LogP contribution is -2.16. The number of carbonyl (C=O) groups excluding carboxylic acids is 1. The standard InChI is InChI=1S/C15H12ClF2NO2/c16-12-5-2-6-13(15(12)18)19-14(20)7-8-21-11-4-1-3-10(17)9-11/h1-6,9H,7-8H2,(H,19,20). The first-order valence-corrected chi connectivity index (χ1v) is 6.56. The average molecular weight is 312 g/mol. The van der Waals surface area contributed by atoms with E-state index in [0.29, 0.717) is 5.75 Å². The van der Waals surface area contributed by atoms with Crippen LogP contribution in [0.2, 0.25) is 5.02 Å². The fourth-order valence-corrected chi connectivity index (χ4v) is 1.81. The van der Waals surface area contributed by atoms with E-state index in [-0.39, 0.29) is 23.7 Å². The Kier molecular flexibility index (Phi) is 5.11. The summed E-state index contributed by atoms with van der Waals surface area (Å²) in [7, 11) is 0. The van der Waals surface area contributed by atoms with Gasteiger partial charge in [-0.3, -0.25) is 4.79 Å². The number of rotatable bonds is 5. The van der Waals surface area contributed by atoms with Crippen LogP contribution >= 0.6 is 11.6 Å². The van der Waals surface area contributed by atoms with Gasteiger partial charge in [-0.1, -0.05) is 23.7 Å². The van der Waals surface area contributed by atoms with Crippen molar-refractivity contribution in [2.24, 2.45) is 0 Å². The van der Waals surface area contributed by atoms with Crippen LogP contribution in [0.15, 0.2) is 42.5 Å². The van der Waals surface area contributed by atoms with E-state index in [0.717, 1.165) is 0 Å². The molecular weight excluding hydrogens is 300 g/mol. The van der Waals surface area contributed by atoms with E-state index in [1.807, 2.05) is 0 Å². The molecule has 1 N–H and O–H groups in total. The SMILES string of the molecule is O=C(CCOc1cccc(F)c1)Nc1cccc(Cl)c1F. The van der Waals surface area contributed by atoms with Crippen LogP contribution < -0.4 is 10.1 Å². The quantitative estimate of drug-likeness (QED) is 0.905. The second-order valence-corrected chi connectivity index (χ2v) is 4.61. The summed E-state index contributed by atoms with van der Waals surface area (Å²) < 4.78 is 31.7. The monoisotopic (exact) mass is 311 g/mol. The molecule has 0 atom stereocenters. The molecule has 2 rings (SSSR count). The molecule has 0 fully saturated rings. The van der Waals surface area contributed by atoms with Crippen molar-refractivity contribution < 1.29 is 18.3 Å². The van der Waals surface area contributed by atoms with Crippen LogP contribution in [0.5, 0.6) is 5.75 Å². The summed E-state index contributed by atoms with van der Waals surface area (Å²) >= 11 is 5.61. The lowest BCUT2D eigenvalue weighted by Gasteiger charge is -2.08. The third-order valence-corrected chi connectivity index (χ3v) is 2.91. The van der Waals surface area contributed by atoms with Gasteiger partial charge in [-0.05, 0) is 24.3 Å². The summed E-state index contributed by atoms with van der Waals surface area (Å²) in [5.74, 6) is -1.19. The maximum absolute atomic E-state index is 13.6. The molecule has 0 radical (unpaired) electrons. The van der Waals surface area contributed by atoms with Crippen molar-refractivity contribution >= 4 is 23.2 Å². The van der Waals surface area contributed by atoms with E-state index in [4.69, 9.17) is 16.3 Å². The molecule has 0 aromatic heterocycles. The molecule has 6 heteroatoms. The van der Waals surface area contributed by atoms with Crippen LogP contribution in [0.4, 0.5) is 14.5 Å². The van der Waals surface area contributed by atoms with E-state index in [2.05, 4.69) is 5.32 Å². The van der Waals surface area contributed by atoms with Crippen LogP contribution in [0, 0.1) is 11.6 Å². The van der Waals surface area contributed by atoms with Crippen molar-refractivity contribution in [3.8, 4) is 5.75 Å². The summed E-state index contributed by atoms with van der Waals surface area (Å²) in [6, 6.07) is 9.93. The second-order valence-electron chi connectivity index (χ2n) is 4.21. The minimum atomic E-state index is -0.682. The molecule has 0 heterocycles. The van der Waals surface area contributed by atoms with Gasteiger partial charge in [0.1, 0.15) is 11.6 Å². The van der Waals surface area contributed by atoms with E-state index in [1.54, 1.807) is 6.07 Å². The molecule has 0 aliphatic rings. The lowest BCUT2D eigenvalue weighted by atomic mass is 10.3. The maximum Gasteiger partial charge on any atom is 0.227 e. The topological polar surface area (TPSA) is 38.3 Å². The minimum Gasteiger partial charge on any atom is -0.493 e. The Hall–Kier alpha value is -2.14. The zero-order valence-electron chi connectivity index (χ0n) is 10.9. The molecule has 0 aliphatic heterocycles. The summed E-state index contributed by atoms with van der Waals surface area (Å²) in [4.78, 5) is 11.7. The fraction of sp³-hybridized carbons (Fsp3) is 0.133. The smallest absolute Gasteiger partial charge is 0.227 e. The van der Waals surface area contributed by atoms with Gasteiger partial charge in [-0.25, -0.2) is 8.78 Å². The van der Waals surface area contributed by atoms with Gasteiger partial charge < -0.3 is 10.1 Å². The van der Waals surface area contributed by atoms with Gasteiger partial charge in [0.2, 0.25) is 5.91 Å². The lowest BCUT2D eigenvalue weighted by molar-refractivity contribution is -0.116. The molecular formula is C15H12ClF2NO2. The highest BCUT2D eigenvalue weighted by Gasteiger charge is 2.09. The highest BCUT2D eigenvalue weighted by atomic mass is 35.5. The minimum absolute atomic E-state index is 0.00245. The Balaban J connectivity index is 1.84. The van der Waals surface area contributed by atoms with Crippen LogP contribution in [0.25, 0.3) is 0 Å². The predicted molar refractivity (Wildman–Crippen MR) is 76.6 cm³/mol. The molecule has 21 heavy (non-hydrogen) atoms. The molecule has 3 nitrogen and oxygen atoms in total. The number of nitrogens with one attached hydrogen (secondary N) is 1. The fourth-order valence-electron chi connectivity index (χ4n) is 1.63. The van der Waals surface area contributed by atoms with Gasteiger partial charge in [0.15, 0.2) is 5.82 Å². The van der Waals surface area contributed by atoms with Crippen LogP contribution in [0.1, 0.15) is 6.42 Å². The number of ether oxygens (including phenoxy) is 1. The van der Waals surface area contributed by atoms with Crippen LogP contribution in [-0.2, 0) is 4.79 Å². The Morgan fingerprint density at radius 1 is 1.19 bits per heavy atom. The predicted octanol–water partition coefficient (Wildman–Crippen LogP) is 4.03. The van der Waals surface area contributed by atoms with Gasteiger partial charge >= 0.3 is 0 Å². The van der Waals surface area contributed by atoms with Gasteiger partial charge in [0.25, 0.3) is 0 Å². The molecule has 0 saturated heterocycles. The summed E-state index contributed by atoms with van der Waals surface area (Å²) in [5, 5.41) is 2.33. The first-order valence-electron chi connectivity index (χ1n) is 6.18. The zero-order chi connectivity index (χ0) is 15.2. The Morgan fingerprint density at radius 3 is 2.71 bits per heavy atom. The normalized spacial score (nSPS) is 10.2.